The highest BCUT2D eigenvalue weighted by Gasteiger charge is 2.14. The molecule has 1 radical (unpaired) electrons. The first-order chi connectivity index (χ1) is 5.83. The largest absolute Gasteiger partial charge is 0.375 e. The number of carbonyl (C=O) groups excluding carboxylic acids is 1. The van der Waals surface area contributed by atoms with Gasteiger partial charge >= 0.3 is 0 Å². The summed E-state index contributed by atoms with van der Waals surface area (Å²) in [5.41, 5.74) is 0. The van der Waals surface area contributed by atoms with Gasteiger partial charge in [-0.1, -0.05) is 0 Å². The molecule has 1 N–H and O–H groups in total. The predicted molar refractivity (Wildman–Crippen MR) is 44.9 cm³/mol. The van der Waals surface area contributed by atoms with Crippen molar-refractivity contribution in [3.63, 3.8) is 0 Å². The molecule has 1 aliphatic rings. The molecule has 0 aromatic carbocycles. The Morgan fingerprint density at radius 1 is 1.75 bits per heavy atom. The highest BCUT2D eigenvalue weighted by atomic mass is 16.5. The molecule has 0 spiro atoms. The number of ether oxygens (including phenoxy) is 1. The summed E-state index contributed by atoms with van der Waals surface area (Å²) in [7, 11) is 1.65. The minimum absolute atomic E-state index is 0.0733. The van der Waals surface area contributed by atoms with Crippen molar-refractivity contribution in [1.82, 2.24) is 10.6 Å². The summed E-state index contributed by atoms with van der Waals surface area (Å²) in [5.74, 6) is 0.0733. The second kappa shape index (κ2) is 5.11. The minimum Gasteiger partial charge on any atom is -0.375 e. The minimum atomic E-state index is 0.0733. The Balaban J connectivity index is 2.09. The summed E-state index contributed by atoms with van der Waals surface area (Å²) in [6, 6.07) is 0. The van der Waals surface area contributed by atoms with Crippen molar-refractivity contribution < 1.29 is 9.53 Å². The Kier molecular flexibility index (Phi) is 4.04. The topological polar surface area (TPSA) is 52.4 Å². The van der Waals surface area contributed by atoms with Gasteiger partial charge in [0.05, 0.1) is 12.7 Å². The summed E-state index contributed by atoms with van der Waals surface area (Å²) in [4.78, 5) is 10.9. The zero-order chi connectivity index (χ0) is 8.81. The Labute approximate surface area is 72.7 Å². The van der Waals surface area contributed by atoms with Gasteiger partial charge in [0.2, 0.25) is 5.91 Å². The van der Waals surface area contributed by atoms with E-state index in [0.717, 1.165) is 19.5 Å². The van der Waals surface area contributed by atoms with Crippen LogP contribution in [-0.4, -0.2) is 38.8 Å². The molecule has 4 nitrogen and oxygen atoms in total. The van der Waals surface area contributed by atoms with Crippen LogP contribution in [0.5, 0.6) is 0 Å². The SMILES string of the molecule is CNC(=O)CCC1C[N]CCO1. The number of nitrogens with zero attached hydrogens (tertiary/aromatic N) is 1. The van der Waals surface area contributed by atoms with Crippen LogP contribution in [-0.2, 0) is 9.53 Å². The van der Waals surface area contributed by atoms with E-state index in [0.29, 0.717) is 13.0 Å². The molecule has 1 aliphatic heterocycles. The molecule has 0 aliphatic carbocycles. The van der Waals surface area contributed by atoms with E-state index in [1.807, 2.05) is 0 Å². The van der Waals surface area contributed by atoms with E-state index in [9.17, 15) is 4.79 Å². The average Bonchev–Trinajstić information content (AvgIpc) is 2.16. The Morgan fingerprint density at radius 2 is 2.58 bits per heavy atom. The molecule has 12 heavy (non-hydrogen) atoms. The van der Waals surface area contributed by atoms with Gasteiger partial charge in [-0.25, -0.2) is 5.32 Å². The molecule has 4 heteroatoms. The zero-order valence-electron chi connectivity index (χ0n) is 7.38. The van der Waals surface area contributed by atoms with E-state index in [1.165, 1.54) is 0 Å². The number of nitrogens with one attached hydrogen (secondary N) is 1. The maximum Gasteiger partial charge on any atom is 0.219 e. The number of hydrogen-bond donors (Lipinski definition) is 1. The van der Waals surface area contributed by atoms with Gasteiger partial charge in [-0.3, -0.25) is 4.79 Å². The average molecular weight is 171 g/mol. The van der Waals surface area contributed by atoms with Crippen LogP contribution in [0, 0.1) is 0 Å². The zero-order valence-corrected chi connectivity index (χ0v) is 7.38. The molecule has 69 valence electrons. The van der Waals surface area contributed by atoms with Crippen LogP contribution in [0.4, 0.5) is 0 Å². The van der Waals surface area contributed by atoms with Gasteiger partial charge in [0.25, 0.3) is 0 Å². The van der Waals surface area contributed by atoms with Crippen LogP contribution < -0.4 is 10.6 Å². The van der Waals surface area contributed by atoms with E-state index >= 15 is 0 Å². The van der Waals surface area contributed by atoms with Gasteiger partial charge in [0.15, 0.2) is 0 Å². The third kappa shape index (κ3) is 3.19. The van der Waals surface area contributed by atoms with E-state index in [2.05, 4.69) is 10.6 Å². The van der Waals surface area contributed by atoms with Gasteiger partial charge in [0, 0.05) is 26.6 Å². The lowest BCUT2D eigenvalue weighted by Gasteiger charge is -2.21. The van der Waals surface area contributed by atoms with E-state index in [4.69, 9.17) is 4.74 Å². The molecule has 1 amide bonds. The molecule has 1 atom stereocenters. The first-order valence-electron chi connectivity index (χ1n) is 4.28. The smallest absolute Gasteiger partial charge is 0.219 e. The second-order valence-corrected chi connectivity index (χ2v) is 2.83. The van der Waals surface area contributed by atoms with Crippen molar-refractivity contribution in [2.75, 3.05) is 26.7 Å². The maximum absolute atomic E-state index is 10.9. The van der Waals surface area contributed by atoms with Crippen LogP contribution in [0.1, 0.15) is 12.8 Å². The Morgan fingerprint density at radius 3 is 3.17 bits per heavy atom. The molecule has 0 aromatic rings. The van der Waals surface area contributed by atoms with Crippen LogP contribution >= 0.6 is 0 Å². The number of morpholine rings is 1. The second-order valence-electron chi connectivity index (χ2n) is 2.83. The molecule has 1 heterocycles. The molecule has 1 saturated heterocycles. The fraction of sp³-hybridized carbons (Fsp3) is 0.875. The van der Waals surface area contributed by atoms with Crippen molar-refractivity contribution >= 4 is 5.91 Å². The van der Waals surface area contributed by atoms with E-state index in [-0.39, 0.29) is 12.0 Å². The van der Waals surface area contributed by atoms with Crippen molar-refractivity contribution in [2.24, 2.45) is 0 Å². The van der Waals surface area contributed by atoms with Crippen LogP contribution in [0.25, 0.3) is 0 Å². The van der Waals surface area contributed by atoms with Gasteiger partial charge < -0.3 is 10.1 Å². The van der Waals surface area contributed by atoms with Gasteiger partial charge in [-0.2, -0.15) is 0 Å². The molecule has 0 bridgehead atoms. The van der Waals surface area contributed by atoms with Gasteiger partial charge in [-0.15, -0.1) is 0 Å². The monoisotopic (exact) mass is 171 g/mol. The number of carbonyl (C=O) groups is 1. The molecule has 1 unspecified atom stereocenters. The fourth-order valence-electron chi connectivity index (χ4n) is 1.16. The van der Waals surface area contributed by atoms with Crippen molar-refractivity contribution in [2.45, 2.75) is 18.9 Å². The molecule has 0 saturated carbocycles. The van der Waals surface area contributed by atoms with Crippen molar-refractivity contribution in [1.29, 1.82) is 0 Å². The maximum atomic E-state index is 10.9. The van der Waals surface area contributed by atoms with Gasteiger partial charge in [0.1, 0.15) is 0 Å². The number of amides is 1. The standard InChI is InChI=1S/C8H15N2O2/c1-9-8(11)3-2-7-6-10-4-5-12-7/h7H,2-6H2,1H3,(H,9,11). The first kappa shape index (κ1) is 9.48. The number of rotatable bonds is 3. The summed E-state index contributed by atoms with van der Waals surface area (Å²) in [5, 5.41) is 6.79. The molecule has 1 fully saturated rings. The fourth-order valence-corrected chi connectivity index (χ4v) is 1.16. The predicted octanol–water partition coefficient (Wildman–Crippen LogP) is -0.484. The van der Waals surface area contributed by atoms with E-state index < -0.39 is 0 Å². The Bertz CT molecular complexity index is 144. The highest BCUT2D eigenvalue weighted by molar-refractivity contribution is 5.75. The molecular weight excluding hydrogens is 156 g/mol. The Hall–Kier alpha value is -0.610. The molecular formula is C8H15N2O2. The van der Waals surface area contributed by atoms with Crippen LogP contribution in [0.15, 0.2) is 0 Å². The highest BCUT2D eigenvalue weighted by Crippen LogP contribution is 2.04. The number of hydrogen-bond acceptors (Lipinski definition) is 2. The third-order valence-corrected chi connectivity index (χ3v) is 1.91. The summed E-state index contributed by atoms with van der Waals surface area (Å²) in [6.07, 6.45) is 1.48. The molecule has 1 rings (SSSR count). The third-order valence-electron chi connectivity index (χ3n) is 1.91. The summed E-state index contributed by atoms with van der Waals surface area (Å²) in [6.45, 7) is 2.26. The first-order valence-corrected chi connectivity index (χ1v) is 4.28. The molecule has 0 aromatic heterocycles. The van der Waals surface area contributed by atoms with Gasteiger partial charge in [-0.05, 0) is 6.42 Å². The lowest BCUT2D eigenvalue weighted by molar-refractivity contribution is -0.121. The van der Waals surface area contributed by atoms with E-state index in [1.54, 1.807) is 7.05 Å². The normalized spacial score (nSPS) is 23.6. The summed E-state index contributed by atoms with van der Waals surface area (Å²) < 4.78 is 5.40. The quantitative estimate of drug-likeness (QED) is 0.623. The lowest BCUT2D eigenvalue weighted by Crippen LogP contribution is -2.35. The van der Waals surface area contributed by atoms with Crippen LogP contribution in [0.3, 0.4) is 0 Å². The van der Waals surface area contributed by atoms with Crippen molar-refractivity contribution in [3.05, 3.63) is 0 Å². The van der Waals surface area contributed by atoms with Crippen LogP contribution in [0.2, 0.25) is 0 Å². The lowest BCUT2D eigenvalue weighted by atomic mass is 10.1. The summed E-state index contributed by atoms with van der Waals surface area (Å²) >= 11 is 0. The van der Waals surface area contributed by atoms with Crippen molar-refractivity contribution in [3.8, 4) is 0 Å².